The Morgan fingerprint density at radius 1 is 1.03 bits per heavy atom. The van der Waals surface area contributed by atoms with E-state index in [0.29, 0.717) is 11.3 Å². The summed E-state index contributed by atoms with van der Waals surface area (Å²) in [5.41, 5.74) is -0.775. The molecule has 4 rings (SSSR count). The molecule has 0 aliphatic rings. The Bertz CT molecular complexity index is 1330. The van der Waals surface area contributed by atoms with Gasteiger partial charge in [0, 0.05) is 19.3 Å². The van der Waals surface area contributed by atoms with E-state index >= 15 is 0 Å². The Balaban J connectivity index is 1.88. The van der Waals surface area contributed by atoms with Crippen molar-refractivity contribution < 1.29 is 30.9 Å². The van der Waals surface area contributed by atoms with Gasteiger partial charge in [0.1, 0.15) is 11.4 Å². The first-order chi connectivity index (χ1) is 15.4. The topological polar surface area (TPSA) is 79.6 Å². The fourth-order valence-corrected chi connectivity index (χ4v) is 5.00. The van der Waals surface area contributed by atoms with Crippen molar-refractivity contribution in [2.24, 2.45) is 7.05 Å². The molecule has 0 spiro atoms. The van der Waals surface area contributed by atoms with Gasteiger partial charge in [0.2, 0.25) is 0 Å². The second-order valence-electron chi connectivity index (χ2n) is 6.80. The van der Waals surface area contributed by atoms with Gasteiger partial charge in [-0.05, 0) is 36.3 Å². The summed E-state index contributed by atoms with van der Waals surface area (Å²) < 4.78 is 92.8. The molecule has 0 amide bonds. The van der Waals surface area contributed by atoms with Gasteiger partial charge in [-0.15, -0.1) is 21.5 Å². The average Bonchev–Trinajstić information content (AvgIpc) is 3.34. The number of fused-ring (bicyclic) bond motifs is 1. The molecule has 0 aliphatic heterocycles. The zero-order valence-electron chi connectivity index (χ0n) is 16.8. The van der Waals surface area contributed by atoms with Crippen molar-refractivity contribution in [1.82, 2.24) is 24.7 Å². The van der Waals surface area contributed by atoms with E-state index in [-0.39, 0.29) is 43.8 Å². The predicted molar refractivity (Wildman–Crippen MR) is 110 cm³/mol. The van der Waals surface area contributed by atoms with Crippen LogP contribution in [0.25, 0.3) is 33.1 Å². The van der Waals surface area contributed by atoms with Crippen molar-refractivity contribution in [2.75, 3.05) is 5.75 Å². The number of benzene rings is 1. The minimum atomic E-state index is -4.64. The molecule has 0 saturated heterocycles. The third-order valence-electron chi connectivity index (χ3n) is 4.67. The minimum absolute atomic E-state index is 0.00122. The number of thiazole rings is 1. The van der Waals surface area contributed by atoms with Gasteiger partial charge in [0.15, 0.2) is 21.6 Å². The lowest BCUT2D eigenvalue weighted by Crippen LogP contribution is -2.08. The van der Waals surface area contributed by atoms with Gasteiger partial charge in [0.25, 0.3) is 0 Å². The van der Waals surface area contributed by atoms with Gasteiger partial charge in [-0.2, -0.15) is 26.3 Å². The van der Waals surface area contributed by atoms with Crippen molar-refractivity contribution in [3.63, 3.8) is 0 Å². The molecule has 1 aromatic carbocycles. The van der Waals surface area contributed by atoms with Crippen LogP contribution in [0.15, 0.2) is 35.4 Å². The highest BCUT2D eigenvalue weighted by atomic mass is 32.2. The summed E-state index contributed by atoms with van der Waals surface area (Å²) in [4.78, 5) is 7.78. The standard InChI is InChI=1S/C19H13F6N5OS2/c1-3-33(31)14-8-13-11(27-17(32-13)19(23,24)25)7-10(14)15-28-29-16(30(15)2)12-6-9(4-5-26-12)18(20,21)22/h4-8H,3H2,1-2H3. The first-order valence-electron chi connectivity index (χ1n) is 9.23. The monoisotopic (exact) mass is 505 g/mol. The van der Waals surface area contributed by atoms with Crippen LogP contribution in [0.2, 0.25) is 0 Å². The zero-order valence-corrected chi connectivity index (χ0v) is 18.5. The van der Waals surface area contributed by atoms with E-state index in [1.807, 2.05) is 0 Å². The maximum absolute atomic E-state index is 13.1. The highest BCUT2D eigenvalue weighted by Crippen LogP contribution is 2.39. The number of alkyl halides is 6. The maximum Gasteiger partial charge on any atom is 0.443 e. The van der Waals surface area contributed by atoms with E-state index in [1.54, 1.807) is 6.92 Å². The Labute approximate surface area is 189 Å². The van der Waals surface area contributed by atoms with E-state index in [0.717, 1.165) is 18.3 Å². The summed E-state index contributed by atoms with van der Waals surface area (Å²) >= 11 is -1.15. The van der Waals surface area contributed by atoms with Gasteiger partial charge < -0.3 is 9.12 Å². The second-order valence-corrected chi connectivity index (χ2v) is 9.54. The number of hydrogen-bond acceptors (Lipinski definition) is 6. The Morgan fingerprint density at radius 2 is 1.73 bits per heavy atom. The molecule has 0 bridgehead atoms. The molecule has 3 aromatic heterocycles. The van der Waals surface area contributed by atoms with E-state index in [1.165, 1.54) is 23.7 Å². The highest BCUT2D eigenvalue weighted by Gasteiger charge is 2.36. The summed E-state index contributed by atoms with van der Waals surface area (Å²) in [6.45, 7) is 1.65. The van der Waals surface area contributed by atoms with Crippen LogP contribution in [0.1, 0.15) is 17.5 Å². The smallest absolute Gasteiger partial charge is 0.443 e. The van der Waals surface area contributed by atoms with E-state index < -0.39 is 34.1 Å². The van der Waals surface area contributed by atoms with Crippen molar-refractivity contribution in [3.05, 3.63) is 41.0 Å². The fourth-order valence-electron chi connectivity index (χ4n) is 3.11. The molecule has 0 radical (unpaired) electrons. The van der Waals surface area contributed by atoms with Gasteiger partial charge >= 0.3 is 12.4 Å². The number of halogens is 6. The summed E-state index contributed by atoms with van der Waals surface area (Å²) in [5, 5.41) is 6.88. The molecule has 1 unspecified atom stereocenters. The lowest BCUT2D eigenvalue weighted by atomic mass is 10.2. The van der Waals surface area contributed by atoms with Gasteiger partial charge in [-0.1, -0.05) is 0 Å². The van der Waals surface area contributed by atoms with E-state index in [4.69, 9.17) is 0 Å². The largest absolute Gasteiger partial charge is 0.611 e. The molecule has 0 aliphatic carbocycles. The SMILES string of the molecule is CC[S+]([O-])c1cc2sc(C(F)(F)F)nc2cc1-c1nnc(-c2cc(C(F)(F)F)ccn2)n1C. The van der Waals surface area contributed by atoms with Crippen molar-refractivity contribution in [1.29, 1.82) is 0 Å². The van der Waals surface area contributed by atoms with Crippen molar-refractivity contribution >= 4 is 32.7 Å². The molecular weight excluding hydrogens is 492 g/mol. The first-order valence-corrected chi connectivity index (χ1v) is 11.4. The van der Waals surface area contributed by atoms with Crippen LogP contribution in [0.4, 0.5) is 26.3 Å². The number of pyridine rings is 1. The second kappa shape index (κ2) is 8.25. The Morgan fingerprint density at radius 3 is 2.36 bits per heavy atom. The number of nitrogens with zero attached hydrogens (tertiary/aromatic N) is 5. The molecule has 6 nitrogen and oxygen atoms in total. The highest BCUT2D eigenvalue weighted by molar-refractivity contribution is 7.91. The lowest BCUT2D eigenvalue weighted by Gasteiger charge is -2.13. The van der Waals surface area contributed by atoms with Gasteiger partial charge in [0.05, 0.1) is 21.3 Å². The maximum atomic E-state index is 13.1. The number of hydrogen-bond donors (Lipinski definition) is 0. The number of rotatable bonds is 4. The van der Waals surface area contributed by atoms with Crippen LogP contribution in [0, 0.1) is 0 Å². The predicted octanol–water partition coefficient (Wildman–Crippen LogP) is 5.32. The molecule has 0 N–H and O–H groups in total. The average molecular weight is 505 g/mol. The molecule has 0 fully saturated rings. The van der Waals surface area contributed by atoms with Crippen molar-refractivity contribution in [3.8, 4) is 22.9 Å². The van der Waals surface area contributed by atoms with E-state index in [9.17, 15) is 30.9 Å². The first kappa shape index (κ1) is 23.4. The van der Waals surface area contributed by atoms with Crippen molar-refractivity contribution in [2.45, 2.75) is 24.2 Å². The molecule has 3 heterocycles. The molecule has 4 aromatic rings. The fraction of sp³-hybridized carbons (Fsp3) is 0.263. The Kier molecular flexibility index (Phi) is 5.87. The van der Waals surface area contributed by atoms with Crippen LogP contribution in [0.5, 0.6) is 0 Å². The van der Waals surface area contributed by atoms with E-state index in [2.05, 4.69) is 20.2 Å². The third-order valence-corrected chi connectivity index (χ3v) is 7.09. The molecule has 174 valence electrons. The zero-order chi connectivity index (χ0) is 24.1. The summed E-state index contributed by atoms with van der Waals surface area (Å²) in [7, 11) is 1.47. The quantitative estimate of drug-likeness (QED) is 0.277. The van der Waals surface area contributed by atoms with Gasteiger partial charge in [-0.3, -0.25) is 4.98 Å². The number of aromatic nitrogens is 5. The van der Waals surface area contributed by atoms with Crippen LogP contribution in [-0.4, -0.2) is 35.0 Å². The van der Waals surface area contributed by atoms with Gasteiger partial charge in [-0.25, -0.2) is 4.98 Å². The van der Waals surface area contributed by atoms with Crippen LogP contribution in [0.3, 0.4) is 0 Å². The van der Waals surface area contributed by atoms with Crippen LogP contribution < -0.4 is 0 Å². The normalized spacial score (nSPS) is 13.6. The summed E-state index contributed by atoms with van der Waals surface area (Å²) in [5.74, 6) is 0.284. The Hall–Kier alpha value is -2.71. The lowest BCUT2D eigenvalue weighted by molar-refractivity contribution is -0.138. The van der Waals surface area contributed by atoms with Crippen LogP contribution in [-0.2, 0) is 30.6 Å². The summed E-state index contributed by atoms with van der Waals surface area (Å²) in [6.07, 6.45) is -8.23. The third kappa shape index (κ3) is 4.42. The molecule has 0 saturated carbocycles. The molecular formula is C19H13F6N5OS2. The summed E-state index contributed by atoms with van der Waals surface area (Å²) in [6, 6.07) is 4.33. The van der Waals surface area contributed by atoms with Crippen LogP contribution >= 0.6 is 11.3 Å². The minimum Gasteiger partial charge on any atom is -0.611 e. The molecule has 14 heteroatoms. The molecule has 33 heavy (non-hydrogen) atoms. The molecule has 1 atom stereocenters.